The molecule has 3 nitrogen and oxygen atoms in total. The van der Waals surface area contributed by atoms with E-state index in [1.54, 1.807) is 6.20 Å². The van der Waals surface area contributed by atoms with Gasteiger partial charge in [0.2, 0.25) is 0 Å². The first-order valence-corrected chi connectivity index (χ1v) is 2.00. The number of aliphatic imine (C=N–C) groups is 1. The first-order valence-electron chi connectivity index (χ1n) is 2.00. The number of nitrogens with two attached hydrogens (primary N) is 1. The number of hydrogen-bond donors (Lipinski definition) is 2. The molecular formula is C4H9N3. The average molecular weight is 99.1 g/mol. The third kappa shape index (κ3) is 5.17. The molecule has 3 heteroatoms. The quantitative estimate of drug-likeness (QED) is 0.222. The van der Waals surface area contributed by atoms with Gasteiger partial charge in [0.1, 0.15) is 6.34 Å². The van der Waals surface area contributed by atoms with Crippen molar-refractivity contribution >= 4 is 6.34 Å². The smallest absolute Gasteiger partial charge is 0.102 e. The van der Waals surface area contributed by atoms with Crippen LogP contribution in [0.2, 0.25) is 0 Å². The second kappa shape index (κ2) is 5.17. The zero-order valence-corrected chi connectivity index (χ0v) is 4.26. The molecular weight excluding hydrogens is 90.1 g/mol. The number of nitrogens with zero attached hydrogens (tertiary/aromatic N) is 1. The van der Waals surface area contributed by atoms with Crippen LogP contribution in [-0.4, -0.2) is 6.34 Å². The van der Waals surface area contributed by atoms with Crippen molar-refractivity contribution in [2.45, 2.75) is 6.92 Å². The van der Waals surface area contributed by atoms with E-state index >= 15 is 0 Å². The monoisotopic (exact) mass is 99.1 g/mol. The summed E-state index contributed by atoms with van der Waals surface area (Å²) >= 11 is 0. The molecule has 3 N–H and O–H groups in total. The van der Waals surface area contributed by atoms with E-state index in [1.807, 2.05) is 13.0 Å². The molecule has 0 spiro atoms. The molecule has 40 valence electrons. The van der Waals surface area contributed by atoms with Crippen LogP contribution in [0.25, 0.3) is 0 Å². The summed E-state index contributed by atoms with van der Waals surface area (Å²) in [7, 11) is 0. The molecule has 0 aromatic rings. The van der Waals surface area contributed by atoms with E-state index in [2.05, 4.69) is 10.4 Å². The highest BCUT2D eigenvalue weighted by Crippen LogP contribution is 1.65. The molecule has 0 fully saturated rings. The van der Waals surface area contributed by atoms with Crippen molar-refractivity contribution in [2.75, 3.05) is 0 Å². The number of nitrogens with one attached hydrogen (secondary N) is 1. The lowest BCUT2D eigenvalue weighted by Crippen LogP contribution is -2.18. The predicted octanol–water partition coefficient (Wildman–Crippen LogP) is 0.0116. The summed E-state index contributed by atoms with van der Waals surface area (Å²) in [5, 5.41) is 0. The van der Waals surface area contributed by atoms with E-state index in [4.69, 9.17) is 5.84 Å². The summed E-state index contributed by atoms with van der Waals surface area (Å²) in [5.41, 5.74) is 2.26. The number of allylic oxidation sites excluding steroid dienone is 1. The van der Waals surface area contributed by atoms with Crippen LogP contribution in [0.4, 0.5) is 0 Å². The molecule has 0 saturated heterocycles. The SMILES string of the molecule is C/C=C\N=C/NN. The first kappa shape index (κ1) is 6.17. The Morgan fingerprint density at radius 1 is 1.71 bits per heavy atom. The molecule has 0 aromatic carbocycles. The van der Waals surface area contributed by atoms with Crippen molar-refractivity contribution in [1.82, 2.24) is 5.43 Å². The van der Waals surface area contributed by atoms with Crippen LogP contribution in [0.15, 0.2) is 17.3 Å². The Morgan fingerprint density at radius 3 is 2.86 bits per heavy atom. The van der Waals surface area contributed by atoms with Gasteiger partial charge in [-0.05, 0) is 6.92 Å². The van der Waals surface area contributed by atoms with Gasteiger partial charge in [-0.1, -0.05) is 6.08 Å². The molecule has 0 saturated carbocycles. The first-order chi connectivity index (χ1) is 3.41. The number of hydrogen-bond acceptors (Lipinski definition) is 2. The van der Waals surface area contributed by atoms with E-state index in [9.17, 15) is 0 Å². The van der Waals surface area contributed by atoms with Gasteiger partial charge in [0.05, 0.1) is 0 Å². The summed E-state index contributed by atoms with van der Waals surface area (Å²) in [5.74, 6) is 4.84. The summed E-state index contributed by atoms with van der Waals surface area (Å²) in [6.45, 7) is 1.88. The van der Waals surface area contributed by atoms with Gasteiger partial charge in [0.15, 0.2) is 0 Å². The molecule has 0 aliphatic carbocycles. The van der Waals surface area contributed by atoms with Gasteiger partial charge < -0.3 is 5.43 Å². The van der Waals surface area contributed by atoms with Crippen LogP contribution in [0, 0.1) is 0 Å². The van der Waals surface area contributed by atoms with Crippen molar-refractivity contribution < 1.29 is 0 Å². The van der Waals surface area contributed by atoms with E-state index in [0.717, 1.165) is 0 Å². The van der Waals surface area contributed by atoms with Gasteiger partial charge in [-0.15, -0.1) is 0 Å². The predicted molar refractivity (Wildman–Crippen MR) is 30.6 cm³/mol. The fourth-order valence-corrected chi connectivity index (χ4v) is 0.172. The molecule has 0 heterocycles. The molecule has 0 aliphatic rings. The van der Waals surface area contributed by atoms with E-state index < -0.39 is 0 Å². The standard InChI is InChI=1S/C4H9N3/c1-2-3-6-4-7-5/h2-4H,5H2,1H3,(H,6,7)/b3-2-. The molecule has 0 bridgehead atoms. The molecule has 0 aliphatic heterocycles. The molecule has 0 atom stereocenters. The minimum absolute atomic E-state index is 1.40. The van der Waals surface area contributed by atoms with E-state index in [-0.39, 0.29) is 0 Å². The van der Waals surface area contributed by atoms with Crippen LogP contribution in [0.1, 0.15) is 6.92 Å². The van der Waals surface area contributed by atoms with E-state index in [1.165, 1.54) is 6.34 Å². The van der Waals surface area contributed by atoms with Gasteiger partial charge >= 0.3 is 0 Å². The molecule has 7 heavy (non-hydrogen) atoms. The Balaban J connectivity index is 3.09. The van der Waals surface area contributed by atoms with Crippen LogP contribution in [0.5, 0.6) is 0 Å². The lowest BCUT2D eigenvalue weighted by Gasteiger charge is -1.77. The number of hydrazine groups is 1. The second-order valence-electron chi connectivity index (χ2n) is 0.927. The molecule has 0 amide bonds. The average Bonchev–Trinajstić information content (AvgIpc) is 1.69. The molecule has 0 radical (unpaired) electrons. The summed E-state index contributed by atoms with van der Waals surface area (Å²) in [6.07, 6.45) is 4.85. The van der Waals surface area contributed by atoms with Gasteiger partial charge in [0.25, 0.3) is 0 Å². The van der Waals surface area contributed by atoms with Crippen LogP contribution >= 0.6 is 0 Å². The fraction of sp³-hybridized carbons (Fsp3) is 0.250. The van der Waals surface area contributed by atoms with E-state index in [0.29, 0.717) is 0 Å². The third-order valence-electron chi connectivity index (χ3n) is 0.384. The van der Waals surface area contributed by atoms with Crippen LogP contribution in [-0.2, 0) is 0 Å². The minimum atomic E-state index is 1.40. The minimum Gasteiger partial charge on any atom is -0.315 e. The zero-order valence-electron chi connectivity index (χ0n) is 4.26. The van der Waals surface area contributed by atoms with Gasteiger partial charge in [0, 0.05) is 6.20 Å². The highest BCUT2D eigenvalue weighted by molar-refractivity contribution is 5.53. The van der Waals surface area contributed by atoms with Crippen molar-refractivity contribution in [3.8, 4) is 0 Å². The lowest BCUT2D eigenvalue weighted by molar-refractivity contribution is 1.05. The second-order valence-corrected chi connectivity index (χ2v) is 0.927. The van der Waals surface area contributed by atoms with Crippen molar-refractivity contribution in [2.24, 2.45) is 10.8 Å². The van der Waals surface area contributed by atoms with Crippen molar-refractivity contribution in [1.29, 1.82) is 0 Å². The lowest BCUT2D eigenvalue weighted by atomic mass is 10.7. The molecule has 0 aromatic heterocycles. The van der Waals surface area contributed by atoms with Crippen LogP contribution in [0.3, 0.4) is 0 Å². The largest absolute Gasteiger partial charge is 0.315 e. The number of rotatable bonds is 2. The highest BCUT2D eigenvalue weighted by atomic mass is 15.2. The van der Waals surface area contributed by atoms with Crippen molar-refractivity contribution in [3.05, 3.63) is 12.3 Å². The summed E-state index contributed by atoms with van der Waals surface area (Å²) in [4.78, 5) is 3.67. The summed E-state index contributed by atoms with van der Waals surface area (Å²) in [6, 6.07) is 0. The maximum absolute atomic E-state index is 4.84. The maximum atomic E-state index is 4.84. The normalized spacial score (nSPS) is 11.1. The Labute approximate surface area is 42.9 Å². The molecule has 0 unspecified atom stereocenters. The van der Waals surface area contributed by atoms with Crippen LogP contribution < -0.4 is 11.3 Å². The molecule has 0 rings (SSSR count). The summed E-state index contributed by atoms with van der Waals surface area (Å²) < 4.78 is 0. The third-order valence-corrected chi connectivity index (χ3v) is 0.384. The topological polar surface area (TPSA) is 50.4 Å². The van der Waals surface area contributed by atoms with Gasteiger partial charge in [-0.2, -0.15) is 0 Å². The Hall–Kier alpha value is -0.830. The fourth-order valence-electron chi connectivity index (χ4n) is 0.172. The van der Waals surface area contributed by atoms with Gasteiger partial charge in [-0.3, -0.25) is 0 Å². The Kier molecular flexibility index (Phi) is 4.56. The van der Waals surface area contributed by atoms with Crippen molar-refractivity contribution in [3.63, 3.8) is 0 Å². The Bertz CT molecular complexity index is 75.0. The Morgan fingerprint density at radius 2 is 2.43 bits per heavy atom. The maximum Gasteiger partial charge on any atom is 0.102 e. The zero-order chi connectivity index (χ0) is 5.54. The highest BCUT2D eigenvalue weighted by Gasteiger charge is 1.54. The van der Waals surface area contributed by atoms with Gasteiger partial charge in [-0.25, -0.2) is 10.8 Å².